The first-order valence-corrected chi connectivity index (χ1v) is 10.2. The van der Waals surface area contributed by atoms with Gasteiger partial charge in [0.2, 0.25) is 0 Å². The van der Waals surface area contributed by atoms with Crippen molar-refractivity contribution in [3.8, 4) is 5.75 Å². The molecular formula is C15H20N2O4S2. The zero-order chi connectivity index (χ0) is 16.4. The number of nitrogens with zero attached hydrogens (tertiary/aromatic N) is 2. The Balaban J connectivity index is 1.87. The number of hydrogen-bond acceptors (Lipinski definition) is 7. The van der Waals surface area contributed by atoms with Crippen LogP contribution in [0.5, 0.6) is 5.75 Å². The van der Waals surface area contributed by atoms with Crippen molar-refractivity contribution in [3.63, 3.8) is 0 Å². The molecular weight excluding hydrogens is 336 g/mol. The van der Waals surface area contributed by atoms with E-state index < -0.39 is 9.84 Å². The quantitative estimate of drug-likeness (QED) is 0.743. The molecule has 0 saturated carbocycles. The molecule has 3 rings (SSSR count). The van der Waals surface area contributed by atoms with Gasteiger partial charge in [0.05, 0.1) is 37.3 Å². The monoisotopic (exact) mass is 356 g/mol. The second-order valence-electron chi connectivity index (χ2n) is 5.53. The van der Waals surface area contributed by atoms with E-state index in [-0.39, 0.29) is 23.6 Å². The summed E-state index contributed by atoms with van der Waals surface area (Å²) in [5, 5.41) is 0.872. The van der Waals surface area contributed by atoms with Crippen molar-refractivity contribution in [2.75, 3.05) is 43.0 Å². The van der Waals surface area contributed by atoms with E-state index in [0.29, 0.717) is 6.61 Å². The first-order chi connectivity index (χ1) is 11.0. The maximum atomic E-state index is 11.9. The summed E-state index contributed by atoms with van der Waals surface area (Å²) in [6.07, 6.45) is 0. The molecule has 0 aliphatic carbocycles. The molecule has 0 amide bonds. The van der Waals surface area contributed by atoms with Crippen molar-refractivity contribution < 1.29 is 17.9 Å². The molecule has 2 aliphatic rings. The maximum Gasteiger partial charge on any atom is 0.164 e. The first-order valence-electron chi connectivity index (χ1n) is 7.37. The lowest BCUT2D eigenvalue weighted by Gasteiger charge is -2.26. The molecule has 8 heteroatoms. The number of rotatable bonds is 5. The van der Waals surface area contributed by atoms with Gasteiger partial charge in [-0.25, -0.2) is 8.42 Å². The second-order valence-corrected chi connectivity index (χ2v) is 8.75. The molecule has 2 heterocycles. The first kappa shape index (κ1) is 16.6. The van der Waals surface area contributed by atoms with Gasteiger partial charge in [-0.3, -0.25) is 4.99 Å². The number of sulfone groups is 1. The fraction of sp³-hybridized carbons (Fsp3) is 0.533. The van der Waals surface area contributed by atoms with Crippen LogP contribution in [-0.4, -0.2) is 63.8 Å². The Morgan fingerprint density at radius 2 is 2.00 bits per heavy atom. The maximum absolute atomic E-state index is 11.9. The van der Waals surface area contributed by atoms with Crippen molar-refractivity contribution in [3.05, 3.63) is 24.3 Å². The molecule has 1 fully saturated rings. The summed E-state index contributed by atoms with van der Waals surface area (Å²) in [4.78, 5) is 6.71. The van der Waals surface area contributed by atoms with Gasteiger partial charge >= 0.3 is 0 Å². The predicted molar refractivity (Wildman–Crippen MR) is 93.5 cm³/mol. The van der Waals surface area contributed by atoms with Gasteiger partial charge in [0.1, 0.15) is 5.75 Å². The van der Waals surface area contributed by atoms with Crippen LogP contribution < -0.4 is 9.64 Å². The molecule has 0 aromatic heterocycles. The average Bonchev–Trinajstić information content (AvgIpc) is 2.99. The molecule has 126 valence electrons. The fourth-order valence-corrected chi connectivity index (χ4v) is 5.76. The predicted octanol–water partition coefficient (Wildman–Crippen LogP) is 1.42. The van der Waals surface area contributed by atoms with Crippen LogP contribution in [0.4, 0.5) is 5.69 Å². The highest BCUT2D eigenvalue weighted by Crippen LogP contribution is 2.35. The summed E-state index contributed by atoms with van der Waals surface area (Å²) in [5.41, 5.74) is 0.944. The van der Waals surface area contributed by atoms with E-state index in [1.54, 1.807) is 26.0 Å². The van der Waals surface area contributed by atoms with E-state index in [1.807, 2.05) is 24.3 Å². The Hall–Kier alpha value is -1.25. The van der Waals surface area contributed by atoms with Gasteiger partial charge in [0.25, 0.3) is 0 Å². The highest BCUT2D eigenvalue weighted by molar-refractivity contribution is 8.14. The fourth-order valence-electron chi connectivity index (χ4n) is 2.89. The molecule has 1 saturated heterocycles. The highest BCUT2D eigenvalue weighted by atomic mass is 32.2. The number of fused-ring (bicyclic) bond motifs is 1. The molecule has 0 N–H and O–H groups in total. The second kappa shape index (κ2) is 6.70. The van der Waals surface area contributed by atoms with Crippen molar-refractivity contribution in [2.45, 2.75) is 12.1 Å². The van der Waals surface area contributed by atoms with Gasteiger partial charge in [0.15, 0.2) is 15.0 Å². The Morgan fingerprint density at radius 3 is 2.65 bits per heavy atom. The summed E-state index contributed by atoms with van der Waals surface area (Å²) >= 11 is 1.60. The molecule has 23 heavy (non-hydrogen) atoms. The normalized spacial score (nSPS) is 25.3. The molecule has 1 aromatic rings. The third-order valence-corrected chi connectivity index (χ3v) is 6.61. The van der Waals surface area contributed by atoms with Crippen LogP contribution in [0.3, 0.4) is 0 Å². The third kappa shape index (κ3) is 3.49. The van der Waals surface area contributed by atoms with Gasteiger partial charge in [-0.15, -0.1) is 0 Å². The SMILES string of the molecule is COCCSC1=N[C@@H]2CS(=O)(=O)C[C@@H]2N1c1ccc(OC)cc1. The summed E-state index contributed by atoms with van der Waals surface area (Å²) in [5.74, 6) is 1.85. The number of ether oxygens (including phenoxy) is 2. The molecule has 2 atom stereocenters. The lowest BCUT2D eigenvalue weighted by atomic mass is 10.1. The summed E-state index contributed by atoms with van der Waals surface area (Å²) < 4.78 is 34.2. The minimum atomic E-state index is -3.02. The van der Waals surface area contributed by atoms with Crippen LogP contribution in [0.2, 0.25) is 0 Å². The number of benzene rings is 1. The average molecular weight is 356 g/mol. The third-order valence-electron chi connectivity index (χ3n) is 3.98. The Labute approximate surface area is 140 Å². The standard InChI is InChI=1S/C15H20N2O4S2/c1-20-7-8-22-15-16-13-9-23(18,19)10-14(13)17(15)11-3-5-12(21-2)6-4-11/h3-6,13-14H,7-10H2,1-2H3/t13-,14+/m1/s1. The Bertz CT molecular complexity index is 688. The van der Waals surface area contributed by atoms with Crippen LogP contribution in [0.15, 0.2) is 29.3 Å². The van der Waals surface area contributed by atoms with Gasteiger partial charge < -0.3 is 14.4 Å². The number of thioether (sulfide) groups is 1. The van der Waals surface area contributed by atoms with Crippen LogP contribution in [0, 0.1) is 0 Å². The van der Waals surface area contributed by atoms with Gasteiger partial charge in [-0.05, 0) is 24.3 Å². The van der Waals surface area contributed by atoms with Gasteiger partial charge in [-0.2, -0.15) is 0 Å². The van der Waals surface area contributed by atoms with E-state index >= 15 is 0 Å². The topological polar surface area (TPSA) is 68.2 Å². The van der Waals surface area contributed by atoms with Gasteiger partial charge in [-0.1, -0.05) is 11.8 Å². The Kier molecular flexibility index (Phi) is 4.84. The van der Waals surface area contributed by atoms with Crippen molar-refractivity contribution in [2.24, 2.45) is 4.99 Å². The van der Waals surface area contributed by atoms with E-state index in [1.165, 1.54) is 0 Å². The minimum Gasteiger partial charge on any atom is -0.497 e. The number of anilines is 1. The number of methoxy groups -OCH3 is 2. The lowest BCUT2D eigenvalue weighted by molar-refractivity contribution is 0.219. The zero-order valence-electron chi connectivity index (χ0n) is 13.1. The van der Waals surface area contributed by atoms with E-state index in [9.17, 15) is 8.42 Å². The lowest BCUT2D eigenvalue weighted by Crippen LogP contribution is -2.39. The van der Waals surface area contributed by atoms with Crippen LogP contribution in [0.1, 0.15) is 0 Å². The van der Waals surface area contributed by atoms with Crippen LogP contribution in [-0.2, 0) is 14.6 Å². The highest BCUT2D eigenvalue weighted by Gasteiger charge is 2.47. The van der Waals surface area contributed by atoms with E-state index in [2.05, 4.69) is 9.89 Å². The largest absolute Gasteiger partial charge is 0.497 e. The van der Waals surface area contributed by atoms with E-state index in [0.717, 1.165) is 22.4 Å². The Morgan fingerprint density at radius 1 is 1.26 bits per heavy atom. The molecule has 0 spiro atoms. The van der Waals surface area contributed by atoms with Gasteiger partial charge in [0, 0.05) is 18.6 Å². The smallest absolute Gasteiger partial charge is 0.164 e. The number of aliphatic imine (C=N–C) groups is 1. The molecule has 6 nitrogen and oxygen atoms in total. The van der Waals surface area contributed by atoms with E-state index in [4.69, 9.17) is 9.47 Å². The molecule has 0 bridgehead atoms. The van der Waals surface area contributed by atoms with Crippen molar-refractivity contribution >= 4 is 32.5 Å². The van der Waals surface area contributed by atoms with Crippen molar-refractivity contribution in [1.82, 2.24) is 0 Å². The van der Waals surface area contributed by atoms with Crippen molar-refractivity contribution in [1.29, 1.82) is 0 Å². The number of amidine groups is 1. The number of hydrogen-bond donors (Lipinski definition) is 0. The van der Waals surface area contributed by atoms with Crippen LogP contribution >= 0.6 is 11.8 Å². The molecule has 2 aliphatic heterocycles. The minimum absolute atomic E-state index is 0.113. The summed E-state index contributed by atoms with van der Waals surface area (Å²) in [6, 6.07) is 7.36. The van der Waals surface area contributed by atoms with Crippen LogP contribution in [0.25, 0.3) is 0 Å². The molecule has 0 radical (unpaired) electrons. The summed E-state index contributed by atoms with van der Waals surface area (Å²) in [6.45, 7) is 0.633. The molecule has 1 aromatic carbocycles. The molecule has 0 unspecified atom stereocenters. The summed E-state index contributed by atoms with van der Waals surface area (Å²) in [7, 11) is 0.274. The zero-order valence-corrected chi connectivity index (χ0v) is 14.8.